The fourth-order valence-electron chi connectivity index (χ4n) is 2.87. The molecule has 0 N–H and O–H groups in total. The number of fused-ring (bicyclic) bond motifs is 1. The summed E-state index contributed by atoms with van der Waals surface area (Å²) in [5.41, 5.74) is 1.14. The van der Waals surface area contributed by atoms with E-state index in [1.807, 2.05) is 50.3 Å². The molecule has 4 atom stereocenters. The zero-order valence-corrected chi connectivity index (χ0v) is 12.5. The summed E-state index contributed by atoms with van der Waals surface area (Å²) in [5, 5.41) is 0. The molecule has 1 aromatic rings. The van der Waals surface area contributed by atoms with Gasteiger partial charge in [-0.1, -0.05) is 36.4 Å². The van der Waals surface area contributed by atoms with Crippen molar-refractivity contribution >= 4 is 0 Å². The highest BCUT2D eigenvalue weighted by Gasteiger charge is 2.54. The summed E-state index contributed by atoms with van der Waals surface area (Å²) < 4.78 is 23.7. The summed E-state index contributed by atoms with van der Waals surface area (Å²) in [5.74, 6) is -0.622. The molecular weight excluding hydrogens is 268 g/mol. The first-order valence-corrected chi connectivity index (χ1v) is 7.36. The second-order valence-corrected chi connectivity index (χ2v) is 5.93. The van der Waals surface area contributed by atoms with Crippen LogP contribution >= 0.6 is 0 Å². The molecular formula is C17H22O4. The molecule has 0 amide bonds. The number of hydrogen-bond acceptors (Lipinski definition) is 4. The standard InChI is InChI=1S/C17H22O4/c1-4-8-13-14(18-11-12-9-6-5-7-10-12)15-16(19-13)21-17(2,3)20-15/h4-7,9-10,13-16H,1,8,11H2,2-3H3/t13?,14-,15?,16+/m0/s1. The van der Waals surface area contributed by atoms with E-state index in [2.05, 4.69) is 6.58 Å². The third-order valence-electron chi connectivity index (χ3n) is 3.77. The lowest BCUT2D eigenvalue weighted by molar-refractivity contribution is -0.218. The molecule has 0 saturated carbocycles. The fraction of sp³-hybridized carbons (Fsp3) is 0.529. The Hall–Kier alpha value is -1.20. The van der Waals surface area contributed by atoms with Crippen LogP contribution in [-0.4, -0.2) is 30.4 Å². The van der Waals surface area contributed by atoms with Crippen molar-refractivity contribution in [2.75, 3.05) is 0 Å². The fourth-order valence-corrected chi connectivity index (χ4v) is 2.87. The van der Waals surface area contributed by atoms with Crippen LogP contribution in [0.1, 0.15) is 25.8 Å². The maximum Gasteiger partial charge on any atom is 0.190 e. The first-order valence-electron chi connectivity index (χ1n) is 7.36. The zero-order valence-electron chi connectivity index (χ0n) is 12.5. The molecule has 2 unspecified atom stereocenters. The topological polar surface area (TPSA) is 36.9 Å². The van der Waals surface area contributed by atoms with Gasteiger partial charge in [0.25, 0.3) is 0 Å². The summed E-state index contributed by atoms with van der Waals surface area (Å²) in [4.78, 5) is 0. The van der Waals surface area contributed by atoms with Crippen molar-refractivity contribution in [1.82, 2.24) is 0 Å². The van der Waals surface area contributed by atoms with Gasteiger partial charge in [0.1, 0.15) is 12.2 Å². The van der Waals surface area contributed by atoms with E-state index in [1.54, 1.807) is 0 Å². The maximum absolute atomic E-state index is 6.08. The summed E-state index contributed by atoms with van der Waals surface area (Å²) in [6.07, 6.45) is 1.81. The molecule has 0 spiro atoms. The predicted octanol–water partition coefficient (Wildman–Crippen LogP) is 3.02. The molecule has 4 heteroatoms. The molecule has 3 rings (SSSR count). The molecule has 0 aromatic heterocycles. The predicted molar refractivity (Wildman–Crippen MR) is 78.5 cm³/mol. The highest BCUT2D eigenvalue weighted by molar-refractivity contribution is 5.13. The van der Waals surface area contributed by atoms with E-state index in [9.17, 15) is 0 Å². The quantitative estimate of drug-likeness (QED) is 0.781. The summed E-state index contributed by atoms with van der Waals surface area (Å²) in [7, 11) is 0. The van der Waals surface area contributed by atoms with Crippen LogP contribution in [0.5, 0.6) is 0 Å². The monoisotopic (exact) mass is 290 g/mol. The minimum Gasteiger partial charge on any atom is -0.368 e. The number of rotatable bonds is 5. The van der Waals surface area contributed by atoms with Gasteiger partial charge < -0.3 is 18.9 Å². The average Bonchev–Trinajstić information content (AvgIpc) is 2.90. The Kier molecular flexibility index (Phi) is 4.13. The lowest BCUT2D eigenvalue weighted by Gasteiger charge is -2.25. The Morgan fingerprint density at radius 3 is 2.71 bits per heavy atom. The molecule has 0 radical (unpaired) electrons. The van der Waals surface area contributed by atoms with E-state index >= 15 is 0 Å². The van der Waals surface area contributed by atoms with Gasteiger partial charge >= 0.3 is 0 Å². The Labute approximate surface area is 125 Å². The SMILES string of the molecule is C=CCC1O[C@@H]2OC(C)(C)OC2[C@H]1OCc1ccccc1. The van der Waals surface area contributed by atoms with Gasteiger partial charge in [0.15, 0.2) is 12.1 Å². The van der Waals surface area contributed by atoms with Crippen molar-refractivity contribution in [1.29, 1.82) is 0 Å². The molecule has 0 bridgehead atoms. The molecule has 21 heavy (non-hydrogen) atoms. The van der Waals surface area contributed by atoms with Crippen molar-refractivity contribution in [3.63, 3.8) is 0 Å². The van der Waals surface area contributed by atoms with E-state index in [4.69, 9.17) is 18.9 Å². The van der Waals surface area contributed by atoms with Crippen LogP contribution in [0.25, 0.3) is 0 Å². The Morgan fingerprint density at radius 1 is 1.24 bits per heavy atom. The van der Waals surface area contributed by atoms with Crippen molar-refractivity contribution in [3.8, 4) is 0 Å². The van der Waals surface area contributed by atoms with E-state index in [0.717, 1.165) is 12.0 Å². The van der Waals surface area contributed by atoms with Crippen LogP contribution in [0, 0.1) is 0 Å². The second-order valence-electron chi connectivity index (χ2n) is 5.93. The third-order valence-corrected chi connectivity index (χ3v) is 3.77. The Balaban J connectivity index is 1.68. The Bertz CT molecular complexity index is 485. The summed E-state index contributed by atoms with van der Waals surface area (Å²) >= 11 is 0. The summed E-state index contributed by atoms with van der Waals surface area (Å²) in [6.45, 7) is 8.11. The first kappa shape index (κ1) is 14.7. The normalized spacial score (nSPS) is 33.8. The molecule has 114 valence electrons. The maximum atomic E-state index is 6.08. The molecule has 2 heterocycles. The van der Waals surface area contributed by atoms with Crippen molar-refractivity contribution in [2.45, 2.75) is 57.3 Å². The Morgan fingerprint density at radius 2 is 2.00 bits per heavy atom. The van der Waals surface area contributed by atoms with Gasteiger partial charge in [-0.15, -0.1) is 6.58 Å². The molecule has 0 aliphatic carbocycles. The van der Waals surface area contributed by atoms with Crippen LogP contribution < -0.4 is 0 Å². The molecule has 2 fully saturated rings. The van der Waals surface area contributed by atoms with Crippen molar-refractivity contribution < 1.29 is 18.9 Å². The average molecular weight is 290 g/mol. The van der Waals surface area contributed by atoms with Gasteiger partial charge in [-0.05, 0) is 25.8 Å². The zero-order chi connectivity index (χ0) is 14.9. The minimum absolute atomic E-state index is 0.0719. The second kappa shape index (κ2) is 5.89. The van der Waals surface area contributed by atoms with Crippen LogP contribution in [0.15, 0.2) is 43.0 Å². The molecule has 2 aliphatic heterocycles. The van der Waals surface area contributed by atoms with Crippen LogP contribution in [0.3, 0.4) is 0 Å². The molecule has 2 aliphatic rings. The van der Waals surface area contributed by atoms with Crippen molar-refractivity contribution in [3.05, 3.63) is 48.6 Å². The van der Waals surface area contributed by atoms with Gasteiger partial charge in [0, 0.05) is 0 Å². The summed E-state index contributed by atoms with van der Waals surface area (Å²) in [6, 6.07) is 10.1. The molecule has 2 saturated heterocycles. The minimum atomic E-state index is -0.622. The largest absolute Gasteiger partial charge is 0.368 e. The number of ether oxygens (including phenoxy) is 4. The van der Waals surface area contributed by atoms with Crippen LogP contribution in [0.2, 0.25) is 0 Å². The van der Waals surface area contributed by atoms with Crippen LogP contribution in [0.4, 0.5) is 0 Å². The van der Waals surface area contributed by atoms with Gasteiger partial charge in [-0.3, -0.25) is 0 Å². The molecule has 4 nitrogen and oxygen atoms in total. The smallest absolute Gasteiger partial charge is 0.190 e. The van der Waals surface area contributed by atoms with Gasteiger partial charge in [-0.2, -0.15) is 0 Å². The van der Waals surface area contributed by atoms with E-state index in [1.165, 1.54) is 0 Å². The first-order chi connectivity index (χ1) is 10.1. The van der Waals surface area contributed by atoms with Gasteiger partial charge in [-0.25, -0.2) is 0 Å². The lowest BCUT2D eigenvalue weighted by Crippen LogP contribution is -2.36. The number of benzene rings is 1. The van der Waals surface area contributed by atoms with E-state index < -0.39 is 5.79 Å². The lowest BCUT2D eigenvalue weighted by atomic mass is 10.1. The van der Waals surface area contributed by atoms with E-state index in [-0.39, 0.29) is 24.6 Å². The van der Waals surface area contributed by atoms with Gasteiger partial charge in [0.05, 0.1) is 12.7 Å². The highest BCUT2D eigenvalue weighted by Crippen LogP contribution is 2.39. The van der Waals surface area contributed by atoms with Gasteiger partial charge in [0.2, 0.25) is 0 Å². The van der Waals surface area contributed by atoms with Crippen LogP contribution in [-0.2, 0) is 25.6 Å². The van der Waals surface area contributed by atoms with Crippen molar-refractivity contribution in [2.24, 2.45) is 0 Å². The molecule has 1 aromatic carbocycles. The number of hydrogen-bond donors (Lipinski definition) is 0. The van der Waals surface area contributed by atoms with E-state index in [0.29, 0.717) is 6.61 Å². The highest BCUT2D eigenvalue weighted by atomic mass is 16.8. The third kappa shape index (κ3) is 3.19.